The van der Waals surface area contributed by atoms with Gasteiger partial charge in [-0.3, -0.25) is 4.79 Å². The number of allylic oxidation sites excluding steroid dienone is 3. The van der Waals surface area contributed by atoms with Gasteiger partial charge in [0.2, 0.25) is 0 Å². The largest absolute Gasteiger partial charge is 0.481 e. The molecule has 4 heteroatoms. The molecule has 2 aliphatic heterocycles. The summed E-state index contributed by atoms with van der Waals surface area (Å²) in [5.41, 5.74) is 0. The number of unbranched alkanes of at least 4 members (excludes halogenated alkanes) is 3. The number of aliphatic hydroxyl groups excluding tert-OH is 1. The lowest BCUT2D eigenvalue weighted by Crippen LogP contribution is -2.44. The summed E-state index contributed by atoms with van der Waals surface area (Å²) in [6.45, 7) is 2.19. The molecule has 1 saturated carbocycles. The Morgan fingerprint density at radius 1 is 1.24 bits per heavy atom. The number of aliphatic hydroxyl groups is 1. The summed E-state index contributed by atoms with van der Waals surface area (Å²) in [5, 5.41) is 20.4. The fourth-order valence-electron chi connectivity index (χ4n) is 3.94. The fraction of sp³-hybridized carbons (Fsp3) is 0.762. The third-order valence-electron chi connectivity index (χ3n) is 5.45. The van der Waals surface area contributed by atoms with E-state index >= 15 is 0 Å². The number of hydrogen-bond donors (Lipinski definition) is 2. The summed E-state index contributed by atoms with van der Waals surface area (Å²) in [6.07, 6.45) is 18.4. The van der Waals surface area contributed by atoms with Gasteiger partial charge in [0.05, 0.1) is 6.10 Å². The molecule has 1 aliphatic carbocycles. The van der Waals surface area contributed by atoms with Crippen LogP contribution in [0.15, 0.2) is 24.3 Å². The first-order valence-corrected chi connectivity index (χ1v) is 10.9. The molecule has 5 unspecified atom stereocenters. The van der Waals surface area contributed by atoms with Crippen LogP contribution < -0.4 is 0 Å². The number of fused-ring (bicyclic) bond motifs is 2. The van der Waals surface area contributed by atoms with Crippen LogP contribution in [0.5, 0.6) is 0 Å². The topological polar surface area (TPSA) is 57.5 Å². The standard InChI is InChI=1S/C21H34O3S/c1-2-3-6-9-17(22)13-12-16-14-18-15-20(25-18)19(16)10-7-4-5-8-11-21(23)24/h4,7,12-13,16-20,22H,2-3,5-6,8-11,14-15H2,1H3,(H,23,24)/b7-4+,13-12+. The summed E-state index contributed by atoms with van der Waals surface area (Å²) < 4.78 is 0. The van der Waals surface area contributed by atoms with Gasteiger partial charge < -0.3 is 10.2 Å². The van der Waals surface area contributed by atoms with Crippen molar-refractivity contribution in [2.75, 3.05) is 0 Å². The van der Waals surface area contributed by atoms with E-state index in [1.165, 1.54) is 25.7 Å². The Morgan fingerprint density at radius 2 is 2.04 bits per heavy atom. The number of rotatable bonds is 12. The zero-order valence-electron chi connectivity index (χ0n) is 15.5. The Kier molecular flexibility index (Phi) is 9.11. The van der Waals surface area contributed by atoms with E-state index in [1.54, 1.807) is 0 Å². The van der Waals surface area contributed by atoms with Crippen molar-refractivity contribution in [1.82, 2.24) is 0 Å². The molecular formula is C21H34O3S. The maximum Gasteiger partial charge on any atom is 0.303 e. The van der Waals surface area contributed by atoms with Crippen LogP contribution in [-0.4, -0.2) is 32.8 Å². The molecule has 0 aromatic carbocycles. The third-order valence-corrected chi connectivity index (χ3v) is 7.11. The van der Waals surface area contributed by atoms with Crippen LogP contribution >= 0.6 is 11.8 Å². The molecule has 3 rings (SSSR count). The van der Waals surface area contributed by atoms with Crippen molar-refractivity contribution in [1.29, 1.82) is 0 Å². The van der Waals surface area contributed by atoms with E-state index in [9.17, 15) is 9.90 Å². The lowest BCUT2D eigenvalue weighted by molar-refractivity contribution is -0.137. The summed E-state index contributed by atoms with van der Waals surface area (Å²) in [5.74, 6) is 0.555. The Balaban J connectivity index is 1.76. The average molecular weight is 367 g/mol. The normalized spacial score (nSPS) is 29.8. The van der Waals surface area contributed by atoms with E-state index in [0.29, 0.717) is 11.8 Å². The van der Waals surface area contributed by atoms with Gasteiger partial charge in [-0.25, -0.2) is 0 Å². The van der Waals surface area contributed by atoms with Gasteiger partial charge in [0.25, 0.3) is 0 Å². The van der Waals surface area contributed by atoms with Crippen molar-refractivity contribution in [2.45, 2.75) is 87.7 Å². The monoisotopic (exact) mass is 366 g/mol. The van der Waals surface area contributed by atoms with Crippen LogP contribution in [0.1, 0.15) is 71.1 Å². The summed E-state index contributed by atoms with van der Waals surface area (Å²) in [6, 6.07) is 0. The maximum absolute atomic E-state index is 10.5. The molecule has 2 bridgehead atoms. The quantitative estimate of drug-likeness (QED) is 0.368. The molecule has 0 aromatic heterocycles. The number of carbonyl (C=O) groups is 1. The second kappa shape index (κ2) is 11.1. The molecule has 3 fully saturated rings. The van der Waals surface area contributed by atoms with Crippen molar-refractivity contribution in [3.05, 3.63) is 24.3 Å². The summed E-state index contributed by atoms with van der Waals surface area (Å²) >= 11 is 2.14. The highest BCUT2D eigenvalue weighted by molar-refractivity contribution is 8.01. The molecule has 2 heterocycles. The summed E-state index contributed by atoms with van der Waals surface area (Å²) in [7, 11) is 0. The maximum atomic E-state index is 10.5. The van der Waals surface area contributed by atoms with Gasteiger partial charge in [-0.05, 0) is 50.4 Å². The van der Waals surface area contributed by atoms with Gasteiger partial charge >= 0.3 is 5.97 Å². The number of carboxylic acid groups (broad SMARTS) is 1. The first-order chi connectivity index (χ1) is 12.1. The van der Waals surface area contributed by atoms with E-state index < -0.39 is 5.97 Å². The molecule has 5 atom stereocenters. The Hall–Kier alpha value is -0.740. The second-order valence-corrected chi connectivity index (χ2v) is 9.08. The summed E-state index contributed by atoms with van der Waals surface area (Å²) in [4.78, 5) is 10.5. The molecule has 0 radical (unpaired) electrons. The number of hydrogen-bond acceptors (Lipinski definition) is 3. The van der Waals surface area contributed by atoms with Crippen LogP contribution in [-0.2, 0) is 4.79 Å². The lowest BCUT2D eigenvalue weighted by Gasteiger charge is -2.49. The number of thioether (sulfide) groups is 1. The van der Waals surface area contributed by atoms with Crippen LogP contribution in [0.3, 0.4) is 0 Å². The second-order valence-electron chi connectivity index (χ2n) is 7.54. The molecule has 0 aromatic rings. The van der Waals surface area contributed by atoms with Crippen molar-refractivity contribution >= 4 is 17.7 Å². The average Bonchev–Trinajstić information content (AvgIpc) is 2.55. The molecule has 2 saturated heterocycles. The minimum absolute atomic E-state index is 0.259. The van der Waals surface area contributed by atoms with Gasteiger partial charge in [-0.15, -0.1) is 0 Å². The predicted octanol–water partition coefficient (Wildman–Crippen LogP) is 5.20. The van der Waals surface area contributed by atoms with Gasteiger partial charge in [0, 0.05) is 16.9 Å². The van der Waals surface area contributed by atoms with E-state index in [1.807, 2.05) is 6.08 Å². The molecule has 3 aliphatic rings. The zero-order valence-corrected chi connectivity index (χ0v) is 16.3. The van der Waals surface area contributed by atoms with E-state index in [2.05, 4.69) is 36.9 Å². The molecular weight excluding hydrogens is 332 g/mol. The third kappa shape index (κ3) is 7.18. The van der Waals surface area contributed by atoms with Crippen molar-refractivity contribution in [2.24, 2.45) is 11.8 Å². The van der Waals surface area contributed by atoms with Crippen molar-refractivity contribution in [3.63, 3.8) is 0 Å². The Bertz CT molecular complexity index is 454. The van der Waals surface area contributed by atoms with Crippen molar-refractivity contribution in [3.8, 4) is 0 Å². The van der Waals surface area contributed by atoms with Crippen molar-refractivity contribution < 1.29 is 15.0 Å². The molecule has 2 N–H and O–H groups in total. The SMILES string of the molecule is CCCCCC(O)/C=C/C1CC2CC(S2)C1C/C=C/CCCC(=O)O. The van der Waals surface area contributed by atoms with E-state index in [-0.39, 0.29) is 12.5 Å². The van der Waals surface area contributed by atoms with Gasteiger partial charge in [-0.1, -0.05) is 50.5 Å². The highest BCUT2D eigenvalue weighted by Crippen LogP contribution is 2.54. The molecule has 142 valence electrons. The van der Waals surface area contributed by atoms with Gasteiger partial charge in [0.1, 0.15) is 0 Å². The zero-order chi connectivity index (χ0) is 18.1. The molecule has 25 heavy (non-hydrogen) atoms. The highest BCUT2D eigenvalue weighted by atomic mass is 32.2. The van der Waals surface area contributed by atoms with Crippen LogP contribution in [0.25, 0.3) is 0 Å². The van der Waals surface area contributed by atoms with Crippen LogP contribution in [0, 0.1) is 11.8 Å². The first-order valence-electron chi connectivity index (χ1n) is 9.98. The minimum Gasteiger partial charge on any atom is -0.481 e. The Morgan fingerprint density at radius 3 is 2.76 bits per heavy atom. The van der Waals surface area contributed by atoms with Gasteiger partial charge in [0.15, 0.2) is 0 Å². The minimum atomic E-state index is -0.708. The number of carboxylic acids is 1. The Labute approximate surface area is 157 Å². The lowest BCUT2D eigenvalue weighted by atomic mass is 9.75. The van der Waals surface area contributed by atoms with Crippen LogP contribution in [0.2, 0.25) is 0 Å². The molecule has 0 spiro atoms. The highest BCUT2D eigenvalue weighted by Gasteiger charge is 2.44. The molecule has 0 amide bonds. The van der Waals surface area contributed by atoms with Gasteiger partial charge in [-0.2, -0.15) is 11.8 Å². The predicted molar refractivity (Wildman–Crippen MR) is 106 cm³/mol. The smallest absolute Gasteiger partial charge is 0.303 e. The van der Waals surface area contributed by atoms with E-state index in [4.69, 9.17) is 5.11 Å². The van der Waals surface area contributed by atoms with E-state index in [0.717, 1.165) is 42.6 Å². The first kappa shape index (κ1) is 20.6. The van der Waals surface area contributed by atoms with Crippen LogP contribution in [0.4, 0.5) is 0 Å². The number of aliphatic carboxylic acids is 1. The molecule has 3 nitrogen and oxygen atoms in total. The fourth-order valence-corrected chi connectivity index (χ4v) is 5.58.